The molecule has 16 unspecified atom stereocenters. The molecule has 0 bridgehead atoms. The van der Waals surface area contributed by atoms with Crippen LogP contribution in [-0.4, -0.2) is 241 Å². The summed E-state index contributed by atoms with van der Waals surface area (Å²) in [5.74, 6) is -0.864. The van der Waals surface area contributed by atoms with Crippen LogP contribution in [0.1, 0.15) is 161 Å². The van der Waals surface area contributed by atoms with E-state index in [4.69, 9.17) is 75.2 Å². The minimum Gasteiger partial charge on any atom is -0.396 e. The van der Waals surface area contributed by atoms with Crippen LogP contribution in [0.3, 0.4) is 0 Å². The molecular formula is C58H124NO27P5Y4. The van der Waals surface area contributed by atoms with E-state index in [9.17, 15) is 48.9 Å². The van der Waals surface area contributed by atoms with Gasteiger partial charge in [-0.3, -0.25) is 22.9 Å². The van der Waals surface area contributed by atoms with Gasteiger partial charge in [0.2, 0.25) is 0 Å². The first-order chi connectivity index (χ1) is 43.2. The van der Waals surface area contributed by atoms with Gasteiger partial charge in [-0.2, -0.15) is 0 Å². The van der Waals surface area contributed by atoms with E-state index in [1.807, 2.05) is 27.7 Å². The zero-order valence-electron chi connectivity index (χ0n) is 59.4. The van der Waals surface area contributed by atoms with Crippen molar-refractivity contribution in [3.8, 4) is 0 Å². The summed E-state index contributed by atoms with van der Waals surface area (Å²) in [7, 11) is -10.5. The zero-order chi connectivity index (χ0) is 69.2. The number of hydrogen-bond donors (Lipinski definition) is 9. The molecule has 37 heteroatoms. The monoisotopic (exact) mass is 1780 g/mol. The quantitative estimate of drug-likeness (QED) is 0.0211. The van der Waals surface area contributed by atoms with E-state index < -0.39 is 109 Å². The van der Waals surface area contributed by atoms with E-state index in [-0.39, 0.29) is 220 Å². The third kappa shape index (κ3) is 46.7. The van der Waals surface area contributed by atoms with Gasteiger partial charge in [-0.1, -0.05) is 48.5 Å². The molecule has 9 N–H and O–H groups in total. The fourth-order valence-electron chi connectivity index (χ4n) is 9.94. The summed E-state index contributed by atoms with van der Waals surface area (Å²) in [5.41, 5.74) is 0. The van der Waals surface area contributed by atoms with Crippen LogP contribution in [0.4, 0.5) is 0 Å². The van der Waals surface area contributed by atoms with Gasteiger partial charge in [0.1, 0.15) is 38.8 Å². The second-order valence-corrected chi connectivity index (χ2v) is 29.3. The third-order valence-corrected chi connectivity index (χ3v) is 21.3. The maximum absolute atomic E-state index is 12.2. The maximum Gasteiger partial charge on any atom is 0.319 e. The average Bonchev–Trinajstić information content (AvgIpc) is 1.82. The Morgan fingerprint density at radius 2 is 1.02 bits per heavy atom. The summed E-state index contributed by atoms with van der Waals surface area (Å²) in [6, 6.07) is 1.13. The predicted molar refractivity (Wildman–Crippen MR) is 349 cm³/mol. The van der Waals surface area contributed by atoms with Crippen LogP contribution in [0.2, 0.25) is 0 Å². The summed E-state index contributed by atoms with van der Waals surface area (Å²) in [6.45, 7) is 29.1. The number of nitrogens with zero attached hydrogens (tertiary/aromatic N) is 1. The minimum absolute atomic E-state index is 0. The molecule has 0 aromatic rings. The van der Waals surface area contributed by atoms with Crippen LogP contribution in [0.25, 0.3) is 0 Å². The van der Waals surface area contributed by atoms with Crippen molar-refractivity contribution in [3.63, 3.8) is 0 Å². The first kappa shape index (κ1) is 108. The van der Waals surface area contributed by atoms with Crippen molar-refractivity contribution in [1.82, 2.24) is 4.67 Å². The molecule has 560 valence electrons. The number of hydrogen-bond acceptors (Lipinski definition) is 28. The second kappa shape index (κ2) is 65.8. The van der Waals surface area contributed by atoms with E-state index in [1.54, 1.807) is 13.8 Å². The zero-order valence-corrected chi connectivity index (χ0v) is 75.6. The fourth-order valence-corrected chi connectivity index (χ4v) is 15.0. The number of ether oxygens (including phenoxy) is 5. The number of aliphatic hydroxyl groups is 9. The number of rotatable bonds is 45. The summed E-state index contributed by atoms with van der Waals surface area (Å²) >= 11 is 0. The Morgan fingerprint density at radius 1 is 0.537 bits per heavy atom. The summed E-state index contributed by atoms with van der Waals surface area (Å²) in [6.07, 6.45) is 0.399. The average molecular weight is 1780 g/mol. The van der Waals surface area contributed by atoms with Crippen molar-refractivity contribution >= 4 is 41.3 Å². The SMILES string of the molecule is CCC(CC)OP(C)N(C(C)C)C(C)C.CCO[C@H]1[C@@H](C)[C@H](C)O[C@@H]1CO[PH](=O)OC(CC)CC.CO[PH](=O)OC(CO[PH](=O)OCCCCCOC1CC(CO)C(O)C(O)C1C)CO[PH](=O)OCCCCCOC1OC(CO)C(O)C(O)C1C.OCC(O)CO.[Y].[Y].[Y].[Y]. The molecule has 0 aromatic heterocycles. The van der Waals surface area contributed by atoms with Gasteiger partial charge >= 0.3 is 33.0 Å². The second-order valence-electron chi connectivity index (χ2n) is 23.4. The van der Waals surface area contributed by atoms with Gasteiger partial charge < -0.3 is 110 Å². The van der Waals surface area contributed by atoms with Crippen LogP contribution < -0.4 is 0 Å². The third-order valence-electron chi connectivity index (χ3n) is 15.7. The van der Waals surface area contributed by atoms with Crippen molar-refractivity contribution < 1.29 is 259 Å². The molecule has 2 saturated heterocycles. The molecule has 3 fully saturated rings. The Morgan fingerprint density at radius 3 is 1.46 bits per heavy atom. The Bertz CT molecular complexity index is 1800. The molecule has 0 spiro atoms. The van der Waals surface area contributed by atoms with Crippen LogP contribution in [0.5, 0.6) is 0 Å². The molecule has 2 heterocycles. The molecule has 1 aliphatic carbocycles. The number of unbranched alkanes of at least 4 members (excludes halogenated alkanes) is 4. The van der Waals surface area contributed by atoms with E-state index >= 15 is 0 Å². The topological polar surface area (TPSA) is 383 Å². The molecule has 3 aliphatic rings. The summed E-state index contributed by atoms with van der Waals surface area (Å²) < 4.78 is 127. The number of aliphatic hydroxyl groups excluding tert-OH is 9. The van der Waals surface area contributed by atoms with Crippen LogP contribution >= 0.6 is 41.3 Å². The van der Waals surface area contributed by atoms with Crippen molar-refractivity contribution in [2.24, 2.45) is 23.7 Å². The molecule has 20 atom stereocenters. The molecule has 3 rings (SSSR count). The summed E-state index contributed by atoms with van der Waals surface area (Å²) in [5, 5.41) is 83.0. The van der Waals surface area contributed by atoms with Crippen LogP contribution in [-0.2, 0) is 213 Å². The van der Waals surface area contributed by atoms with Crippen molar-refractivity contribution in [2.75, 3.05) is 93.1 Å². The maximum atomic E-state index is 12.2. The standard InChI is InChI=1S/C29H59O18P3.C14H29O5P.C12H28NOP.C3H8O3.4Y/c1-19-23(14-21(15-30)27(34)25(19)32)40-10-6-4-8-12-42-49(37)44-17-22(47-48(36)39-3)18-45-50(38)43-13-9-5-7-11-41-29-20(2)26(33)28(35)24(16-31)46-29;1-6-12(7-2)19-20(15)17-9-13-14(16-8-3)10(4)11(5)18-13;1-8-12(9-2)14-15(7)13(10(3)4)11(5)6;4-1-3(6)2-5;;;;/h19-35,48-50H,4-18H2,1-3H3;10-14,20H,6-9H2,1-5H3;10-12H,8-9H2,1-7H3;3-6H,1-2H2;;;;/t;10-,11-,13+,14-;;;;;;/m.0....../s1. The van der Waals surface area contributed by atoms with E-state index in [0.717, 1.165) is 25.7 Å². The van der Waals surface area contributed by atoms with Crippen LogP contribution in [0.15, 0.2) is 0 Å². The Balaban J connectivity index is -0.000000489. The van der Waals surface area contributed by atoms with Crippen molar-refractivity contribution in [2.45, 2.75) is 258 Å². The molecule has 1 saturated carbocycles. The van der Waals surface area contributed by atoms with Crippen molar-refractivity contribution in [1.29, 1.82) is 0 Å². The van der Waals surface area contributed by atoms with Crippen molar-refractivity contribution in [3.05, 3.63) is 0 Å². The largest absolute Gasteiger partial charge is 0.396 e. The fraction of sp³-hybridized carbons (Fsp3) is 1.00. The molecule has 28 nitrogen and oxygen atoms in total. The molecular weight excluding hydrogens is 1650 g/mol. The van der Waals surface area contributed by atoms with Gasteiger partial charge in [0.05, 0.1) is 102 Å². The van der Waals surface area contributed by atoms with E-state index in [2.05, 4.69) is 64.3 Å². The minimum atomic E-state index is -2.93. The van der Waals surface area contributed by atoms with Gasteiger partial charge in [-0.15, -0.1) is 0 Å². The molecule has 2 aliphatic heterocycles. The molecule has 0 aromatic carbocycles. The Hall–Kier alpha value is 4.81. The Kier molecular flexibility index (Phi) is 75.1. The molecule has 0 amide bonds. The first-order valence-corrected chi connectivity index (χ1v) is 39.1. The van der Waals surface area contributed by atoms with Gasteiger partial charge in [0.15, 0.2) is 6.29 Å². The smallest absolute Gasteiger partial charge is 0.319 e. The van der Waals surface area contributed by atoms with Gasteiger partial charge in [0.25, 0.3) is 0 Å². The van der Waals surface area contributed by atoms with E-state index in [0.29, 0.717) is 88.9 Å². The van der Waals surface area contributed by atoms with Crippen LogP contribution in [0, 0.1) is 23.7 Å². The molecule has 4 radical (unpaired) electrons. The van der Waals surface area contributed by atoms with E-state index in [1.165, 1.54) is 7.11 Å². The summed E-state index contributed by atoms with van der Waals surface area (Å²) in [4.78, 5) is 0. The molecule has 95 heavy (non-hydrogen) atoms. The van der Waals surface area contributed by atoms with Gasteiger partial charge in [-0.25, -0.2) is 0 Å². The van der Waals surface area contributed by atoms with Gasteiger partial charge in [0, 0.05) is 200 Å². The normalized spacial score (nSPS) is 26.9. The first-order valence-electron chi connectivity index (χ1n) is 32.6. The predicted octanol–water partition coefficient (Wildman–Crippen LogP) is 7.44. The Labute approximate surface area is 673 Å². The van der Waals surface area contributed by atoms with Gasteiger partial charge in [-0.05, 0) is 119 Å².